The number of amides is 2. The van der Waals surface area contributed by atoms with Crippen LogP contribution in [0.2, 0.25) is 0 Å². The predicted molar refractivity (Wildman–Crippen MR) is 62.5 cm³/mol. The predicted octanol–water partition coefficient (Wildman–Crippen LogP) is 1.13. The van der Waals surface area contributed by atoms with Gasteiger partial charge >= 0.3 is 6.09 Å². The molecule has 0 aromatic carbocycles. The molecule has 1 aliphatic heterocycles. The van der Waals surface area contributed by atoms with Crippen LogP contribution in [-0.4, -0.2) is 43.1 Å². The van der Waals surface area contributed by atoms with E-state index in [1.807, 2.05) is 0 Å². The van der Waals surface area contributed by atoms with Crippen molar-refractivity contribution in [2.45, 2.75) is 38.2 Å². The minimum absolute atomic E-state index is 0.121. The Morgan fingerprint density at radius 2 is 2.12 bits per heavy atom. The van der Waals surface area contributed by atoms with Crippen LogP contribution in [0, 0.1) is 5.92 Å². The van der Waals surface area contributed by atoms with Crippen molar-refractivity contribution in [1.29, 1.82) is 0 Å². The lowest BCUT2D eigenvalue weighted by Gasteiger charge is -2.21. The molecule has 0 aromatic heterocycles. The third-order valence-corrected chi connectivity index (χ3v) is 3.54. The number of ether oxygens (including phenoxy) is 1. The maximum atomic E-state index is 11.9. The van der Waals surface area contributed by atoms with Gasteiger partial charge in [-0.15, -0.1) is 0 Å². The van der Waals surface area contributed by atoms with Gasteiger partial charge in [-0.05, 0) is 12.8 Å². The molecular formula is C12H20N2O3. The van der Waals surface area contributed by atoms with Crippen molar-refractivity contribution >= 4 is 12.0 Å². The van der Waals surface area contributed by atoms with Gasteiger partial charge in [-0.25, -0.2) is 4.79 Å². The summed E-state index contributed by atoms with van der Waals surface area (Å²) in [5.41, 5.74) is 0. The van der Waals surface area contributed by atoms with Crippen molar-refractivity contribution < 1.29 is 14.3 Å². The molecule has 1 saturated carbocycles. The Morgan fingerprint density at radius 1 is 1.41 bits per heavy atom. The van der Waals surface area contributed by atoms with E-state index in [-0.39, 0.29) is 24.0 Å². The Labute approximate surface area is 101 Å². The van der Waals surface area contributed by atoms with E-state index in [4.69, 9.17) is 4.74 Å². The highest BCUT2D eigenvalue weighted by Crippen LogP contribution is 2.23. The number of cyclic esters (lactones) is 1. The number of carbonyl (C=O) groups excluding carboxylic acids is 2. The number of rotatable bonds is 3. The maximum absolute atomic E-state index is 11.9. The van der Waals surface area contributed by atoms with Gasteiger partial charge in [0.05, 0.1) is 13.1 Å². The molecule has 1 unspecified atom stereocenters. The fourth-order valence-electron chi connectivity index (χ4n) is 2.48. The number of nitrogens with zero attached hydrogens (tertiary/aromatic N) is 1. The molecule has 17 heavy (non-hydrogen) atoms. The van der Waals surface area contributed by atoms with Crippen molar-refractivity contribution in [2.24, 2.45) is 5.92 Å². The van der Waals surface area contributed by atoms with Gasteiger partial charge in [0.2, 0.25) is 5.91 Å². The lowest BCUT2D eigenvalue weighted by molar-refractivity contribution is -0.126. The van der Waals surface area contributed by atoms with E-state index in [1.165, 1.54) is 11.3 Å². The Bertz CT molecular complexity index is 300. The van der Waals surface area contributed by atoms with Crippen LogP contribution in [0.15, 0.2) is 0 Å². The van der Waals surface area contributed by atoms with Crippen LogP contribution < -0.4 is 5.32 Å². The zero-order valence-electron chi connectivity index (χ0n) is 10.3. The first-order chi connectivity index (χ1) is 8.16. The van der Waals surface area contributed by atoms with Crippen LogP contribution in [-0.2, 0) is 9.53 Å². The van der Waals surface area contributed by atoms with Crippen LogP contribution in [0.1, 0.15) is 32.1 Å². The quantitative estimate of drug-likeness (QED) is 0.804. The first-order valence-corrected chi connectivity index (χ1v) is 6.36. The highest BCUT2D eigenvalue weighted by Gasteiger charge is 2.29. The van der Waals surface area contributed by atoms with Crippen molar-refractivity contribution in [3.63, 3.8) is 0 Å². The molecule has 5 nitrogen and oxygen atoms in total. The second kappa shape index (κ2) is 5.38. The van der Waals surface area contributed by atoms with E-state index in [9.17, 15) is 9.59 Å². The average molecular weight is 240 g/mol. The molecule has 5 heteroatoms. The SMILES string of the molecule is CN1CC(CNC(=O)C2CCCCC2)OC1=O. The van der Waals surface area contributed by atoms with E-state index in [2.05, 4.69) is 5.32 Å². The van der Waals surface area contributed by atoms with Crippen LogP contribution in [0.4, 0.5) is 4.79 Å². The largest absolute Gasteiger partial charge is 0.442 e. The monoisotopic (exact) mass is 240 g/mol. The third kappa shape index (κ3) is 3.11. The summed E-state index contributed by atoms with van der Waals surface area (Å²) < 4.78 is 5.08. The van der Waals surface area contributed by atoms with E-state index < -0.39 is 0 Å². The second-order valence-electron chi connectivity index (χ2n) is 4.97. The average Bonchev–Trinajstić information content (AvgIpc) is 2.67. The van der Waals surface area contributed by atoms with Gasteiger partial charge in [0.15, 0.2) is 0 Å². The molecule has 2 aliphatic rings. The molecule has 2 fully saturated rings. The smallest absolute Gasteiger partial charge is 0.410 e. The fourth-order valence-corrected chi connectivity index (χ4v) is 2.48. The Kier molecular flexibility index (Phi) is 3.86. The van der Waals surface area contributed by atoms with Crippen molar-refractivity contribution in [1.82, 2.24) is 10.2 Å². The van der Waals surface area contributed by atoms with Gasteiger partial charge in [-0.3, -0.25) is 4.79 Å². The summed E-state index contributed by atoms with van der Waals surface area (Å²) in [4.78, 5) is 24.5. The topological polar surface area (TPSA) is 58.6 Å². The highest BCUT2D eigenvalue weighted by atomic mass is 16.6. The maximum Gasteiger partial charge on any atom is 0.410 e. The van der Waals surface area contributed by atoms with Crippen LogP contribution >= 0.6 is 0 Å². The normalized spacial score (nSPS) is 25.8. The minimum Gasteiger partial charge on any atom is -0.442 e. The molecule has 0 bridgehead atoms. The van der Waals surface area contributed by atoms with Crippen LogP contribution in [0.25, 0.3) is 0 Å². The fraction of sp³-hybridized carbons (Fsp3) is 0.833. The van der Waals surface area contributed by atoms with Crippen LogP contribution in [0.3, 0.4) is 0 Å². The zero-order chi connectivity index (χ0) is 12.3. The summed E-state index contributed by atoms with van der Waals surface area (Å²) in [6, 6.07) is 0. The lowest BCUT2D eigenvalue weighted by atomic mass is 9.88. The summed E-state index contributed by atoms with van der Waals surface area (Å²) in [7, 11) is 1.70. The van der Waals surface area contributed by atoms with E-state index >= 15 is 0 Å². The molecule has 96 valence electrons. The summed E-state index contributed by atoms with van der Waals surface area (Å²) in [5.74, 6) is 0.286. The van der Waals surface area contributed by atoms with Gasteiger partial charge in [0.25, 0.3) is 0 Å². The van der Waals surface area contributed by atoms with Crippen molar-refractivity contribution in [3.05, 3.63) is 0 Å². The number of hydrogen-bond donors (Lipinski definition) is 1. The van der Waals surface area contributed by atoms with Crippen LogP contribution in [0.5, 0.6) is 0 Å². The summed E-state index contributed by atoms with van der Waals surface area (Å²) in [6.07, 6.45) is 5.04. The van der Waals surface area contributed by atoms with Crippen molar-refractivity contribution in [3.8, 4) is 0 Å². The number of carbonyl (C=O) groups is 2. The van der Waals surface area contributed by atoms with Gasteiger partial charge in [-0.2, -0.15) is 0 Å². The molecule has 0 radical (unpaired) electrons. The standard InChI is InChI=1S/C12H20N2O3/c1-14-8-10(17-12(14)16)7-13-11(15)9-5-3-2-4-6-9/h9-10H,2-8H2,1H3,(H,13,15). The van der Waals surface area contributed by atoms with Gasteiger partial charge in [-0.1, -0.05) is 19.3 Å². The summed E-state index contributed by atoms with van der Waals surface area (Å²) in [6.45, 7) is 0.995. The summed E-state index contributed by atoms with van der Waals surface area (Å²) >= 11 is 0. The number of nitrogens with one attached hydrogen (secondary N) is 1. The van der Waals surface area contributed by atoms with E-state index in [0.29, 0.717) is 13.1 Å². The molecule has 2 amide bonds. The summed E-state index contributed by atoms with van der Waals surface area (Å²) in [5, 5.41) is 2.89. The first kappa shape index (κ1) is 12.2. The first-order valence-electron chi connectivity index (χ1n) is 6.36. The van der Waals surface area contributed by atoms with E-state index in [0.717, 1.165) is 25.7 Å². The molecule has 1 atom stereocenters. The molecule has 1 heterocycles. The molecule has 0 aromatic rings. The molecule has 1 aliphatic carbocycles. The Morgan fingerprint density at radius 3 is 2.71 bits per heavy atom. The van der Waals surface area contributed by atoms with Gasteiger partial charge in [0.1, 0.15) is 6.10 Å². The third-order valence-electron chi connectivity index (χ3n) is 3.54. The molecule has 1 N–H and O–H groups in total. The van der Waals surface area contributed by atoms with E-state index in [1.54, 1.807) is 7.05 Å². The molecule has 2 rings (SSSR count). The number of hydrogen-bond acceptors (Lipinski definition) is 3. The van der Waals surface area contributed by atoms with Gasteiger partial charge < -0.3 is 15.0 Å². The second-order valence-corrected chi connectivity index (χ2v) is 4.97. The van der Waals surface area contributed by atoms with Crippen molar-refractivity contribution in [2.75, 3.05) is 20.1 Å². The highest BCUT2D eigenvalue weighted by molar-refractivity contribution is 5.78. The zero-order valence-corrected chi connectivity index (χ0v) is 10.3. The molecule has 1 saturated heterocycles. The molecular weight excluding hydrogens is 220 g/mol. The molecule has 0 spiro atoms. The number of likely N-dealkylation sites (N-methyl/N-ethyl adjacent to an activating group) is 1. The minimum atomic E-state index is -0.304. The Hall–Kier alpha value is -1.26. The van der Waals surface area contributed by atoms with Gasteiger partial charge in [0, 0.05) is 13.0 Å². The lowest BCUT2D eigenvalue weighted by Crippen LogP contribution is -2.38. The Balaban J connectivity index is 1.71.